The van der Waals surface area contributed by atoms with Crippen LogP contribution in [0.15, 0.2) is 48.0 Å². The topological polar surface area (TPSA) is 115 Å². The zero-order chi connectivity index (χ0) is 30.1. The molecule has 5 rings (SSSR count). The first-order valence-corrected chi connectivity index (χ1v) is 14.9. The molecule has 2 aliphatic rings. The molecule has 3 heterocycles. The van der Waals surface area contributed by atoms with E-state index >= 15 is 0 Å². The van der Waals surface area contributed by atoms with E-state index in [0.717, 1.165) is 29.1 Å². The first-order chi connectivity index (χ1) is 20.1. The third-order valence-corrected chi connectivity index (χ3v) is 8.34. The van der Waals surface area contributed by atoms with Crippen LogP contribution in [0, 0.1) is 12.8 Å². The van der Waals surface area contributed by atoms with Crippen molar-refractivity contribution in [3.63, 3.8) is 0 Å². The molecule has 220 valence electrons. The number of esters is 1. The number of hydrogen-bond acceptors (Lipinski definition) is 9. The smallest absolute Gasteiger partial charge is 0.350 e. The molecular formula is C32H34N2O7S. The van der Waals surface area contributed by atoms with Crippen LogP contribution in [0.5, 0.6) is 11.5 Å². The van der Waals surface area contributed by atoms with Gasteiger partial charge in [0.25, 0.3) is 5.78 Å². The van der Waals surface area contributed by atoms with Gasteiger partial charge in [0.05, 0.1) is 30.5 Å². The van der Waals surface area contributed by atoms with Crippen molar-refractivity contribution in [1.82, 2.24) is 4.98 Å². The minimum Gasteiger partial charge on any atom is -0.507 e. The number of carbonyl (C=O) groups excluding carboxylic acids is 3. The highest BCUT2D eigenvalue weighted by atomic mass is 32.1. The van der Waals surface area contributed by atoms with Crippen LogP contribution in [0.4, 0.5) is 5.13 Å². The minimum absolute atomic E-state index is 0.00292. The van der Waals surface area contributed by atoms with Crippen molar-refractivity contribution in [3.05, 3.63) is 75.3 Å². The van der Waals surface area contributed by atoms with Crippen LogP contribution < -0.4 is 14.4 Å². The quantitative estimate of drug-likeness (QED) is 0.140. The van der Waals surface area contributed by atoms with Gasteiger partial charge in [-0.05, 0) is 74.6 Å². The van der Waals surface area contributed by atoms with E-state index in [4.69, 9.17) is 14.2 Å². The van der Waals surface area contributed by atoms with Crippen LogP contribution in [-0.4, -0.2) is 47.1 Å². The molecule has 2 aliphatic heterocycles. The summed E-state index contributed by atoms with van der Waals surface area (Å²) in [6.45, 7) is 10.2. The molecule has 2 atom stereocenters. The van der Waals surface area contributed by atoms with E-state index in [9.17, 15) is 19.5 Å². The van der Waals surface area contributed by atoms with Crippen molar-refractivity contribution in [3.8, 4) is 11.5 Å². The van der Waals surface area contributed by atoms with Crippen molar-refractivity contribution in [2.75, 3.05) is 18.1 Å². The van der Waals surface area contributed by atoms with Gasteiger partial charge in [-0.3, -0.25) is 14.5 Å². The molecule has 0 spiro atoms. The Bertz CT molecular complexity index is 1570. The van der Waals surface area contributed by atoms with Crippen molar-refractivity contribution >= 4 is 39.9 Å². The summed E-state index contributed by atoms with van der Waals surface area (Å²) in [5, 5.41) is 11.8. The molecule has 1 aromatic heterocycles. The third kappa shape index (κ3) is 5.63. The number of aryl methyl sites for hydroxylation is 1. The van der Waals surface area contributed by atoms with Crippen LogP contribution in [0.3, 0.4) is 0 Å². The Morgan fingerprint density at radius 3 is 2.74 bits per heavy atom. The Morgan fingerprint density at radius 2 is 2.00 bits per heavy atom. The van der Waals surface area contributed by atoms with Crippen molar-refractivity contribution in [1.29, 1.82) is 0 Å². The maximum absolute atomic E-state index is 13.7. The average molecular weight is 591 g/mol. The Balaban J connectivity index is 1.63. The number of thiazole rings is 1. The number of amides is 1. The predicted octanol–water partition coefficient (Wildman–Crippen LogP) is 6.00. The van der Waals surface area contributed by atoms with Gasteiger partial charge >= 0.3 is 11.9 Å². The molecule has 9 nitrogen and oxygen atoms in total. The molecule has 10 heteroatoms. The standard InChI is InChI=1S/C32H34N2O7S/c1-6-39-31(38)29-19(5)33-32(42-29)34-26(20-8-7-9-23(16-20)40-13-12-17(2)3)25(28(36)30(34)37)27(35)21-10-11-24-22(15-21)14-18(4)41-24/h7-11,15-18,26,35H,6,12-14H2,1-5H3/t18-,26-/m1/s1. The second-order valence-electron chi connectivity index (χ2n) is 10.9. The molecule has 0 bridgehead atoms. The number of aliphatic hydroxyl groups excluding tert-OH is 1. The zero-order valence-corrected chi connectivity index (χ0v) is 25.1. The van der Waals surface area contributed by atoms with Crippen LogP contribution in [0.1, 0.15) is 72.2 Å². The van der Waals surface area contributed by atoms with Crippen LogP contribution >= 0.6 is 11.3 Å². The van der Waals surface area contributed by atoms with Gasteiger partial charge in [-0.15, -0.1) is 0 Å². The lowest BCUT2D eigenvalue weighted by Gasteiger charge is -2.23. The van der Waals surface area contributed by atoms with Gasteiger partial charge in [0.15, 0.2) is 5.13 Å². The fourth-order valence-corrected chi connectivity index (χ4v) is 6.12. The fourth-order valence-electron chi connectivity index (χ4n) is 5.13. The lowest BCUT2D eigenvalue weighted by molar-refractivity contribution is -0.132. The molecule has 0 radical (unpaired) electrons. The zero-order valence-electron chi connectivity index (χ0n) is 24.3. The first-order valence-electron chi connectivity index (χ1n) is 14.1. The number of aromatic nitrogens is 1. The predicted molar refractivity (Wildman–Crippen MR) is 159 cm³/mol. The second-order valence-corrected chi connectivity index (χ2v) is 11.8. The SMILES string of the molecule is CCOC(=O)c1sc(N2C(=O)C(=O)C(=C(O)c3ccc4c(c3)C[C@@H](C)O4)[C@H]2c2cccc(OCCC(C)C)c2)nc1C. The van der Waals surface area contributed by atoms with Crippen molar-refractivity contribution in [2.24, 2.45) is 5.92 Å². The number of anilines is 1. The summed E-state index contributed by atoms with van der Waals surface area (Å²) >= 11 is 0.972. The molecule has 1 saturated heterocycles. The number of benzene rings is 2. The molecule has 1 amide bonds. The Labute approximate surface area is 248 Å². The summed E-state index contributed by atoms with van der Waals surface area (Å²) in [6.07, 6.45) is 1.53. The van der Waals surface area contributed by atoms with Crippen LogP contribution in [0.25, 0.3) is 5.76 Å². The number of Topliss-reactive ketones (excluding diaryl/α,β-unsaturated/α-hetero) is 1. The van der Waals surface area contributed by atoms with E-state index in [-0.39, 0.29) is 34.1 Å². The van der Waals surface area contributed by atoms with E-state index in [1.165, 1.54) is 4.90 Å². The largest absolute Gasteiger partial charge is 0.507 e. The van der Waals surface area contributed by atoms with Gasteiger partial charge in [-0.1, -0.05) is 37.3 Å². The molecule has 2 aromatic carbocycles. The number of rotatable bonds is 9. The van der Waals surface area contributed by atoms with Gasteiger partial charge in [0.1, 0.15) is 28.2 Å². The van der Waals surface area contributed by atoms with Gasteiger partial charge < -0.3 is 19.3 Å². The van der Waals surface area contributed by atoms with Crippen LogP contribution in [0.2, 0.25) is 0 Å². The Morgan fingerprint density at radius 1 is 1.21 bits per heavy atom. The fraction of sp³-hybridized carbons (Fsp3) is 0.375. The normalized spacial score (nSPS) is 19.2. The molecule has 0 aliphatic carbocycles. The number of ether oxygens (including phenoxy) is 3. The summed E-state index contributed by atoms with van der Waals surface area (Å²) in [5.74, 6) is -0.788. The highest BCUT2D eigenvalue weighted by molar-refractivity contribution is 7.17. The molecule has 1 N–H and O–H groups in total. The third-order valence-electron chi connectivity index (χ3n) is 7.20. The molecule has 42 heavy (non-hydrogen) atoms. The van der Waals surface area contributed by atoms with E-state index in [0.29, 0.717) is 41.5 Å². The molecule has 0 saturated carbocycles. The monoisotopic (exact) mass is 590 g/mol. The van der Waals surface area contributed by atoms with Gasteiger partial charge in [0, 0.05) is 12.0 Å². The molecule has 1 fully saturated rings. The summed E-state index contributed by atoms with van der Waals surface area (Å²) in [6, 6.07) is 11.3. The number of aliphatic hydroxyl groups is 1. The van der Waals surface area contributed by atoms with Gasteiger partial charge in [-0.2, -0.15) is 0 Å². The van der Waals surface area contributed by atoms with Crippen molar-refractivity contribution < 1.29 is 33.7 Å². The van der Waals surface area contributed by atoms with Gasteiger partial charge in [-0.25, -0.2) is 9.78 Å². The molecular weight excluding hydrogens is 556 g/mol. The second kappa shape index (κ2) is 12.0. The summed E-state index contributed by atoms with van der Waals surface area (Å²) < 4.78 is 16.9. The summed E-state index contributed by atoms with van der Waals surface area (Å²) in [5.41, 5.74) is 2.18. The minimum atomic E-state index is -1.01. The summed E-state index contributed by atoms with van der Waals surface area (Å²) in [4.78, 5) is 45.8. The molecule has 3 aromatic rings. The highest BCUT2D eigenvalue weighted by Gasteiger charge is 2.48. The maximum atomic E-state index is 13.7. The van der Waals surface area contributed by atoms with E-state index in [2.05, 4.69) is 18.8 Å². The lowest BCUT2D eigenvalue weighted by atomic mass is 9.94. The van der Waals surface area contributed by atoms with Crippen LogP contribution in [-0.2, 0) is 20.7 Å². The Hall–Kier alpha value is -4.18. The number of carbonyl (C=O) groups is 3. The van der Waals surface area contributed by atoms with Gasteiger partial charge in [0.2, 0.25) is 0 Å². The number of fused-ring (bicyclic) bond motifs is 1. The average Bonchev–Trinajstić information content (AvgIpc) is 3.60. The Kier molecular flexibility index (Phi) is 8.36. The summed E-state index contributed by atoms with van der Waals surface area (Å²) in [7, 11) is 0. The van der Waals surface area contributed by atoms with E-state index in [1.807, 2.05) is 13.0 Å². The lowest BCUT2D eigenvalue weighted by Crippen LogP contribution is -2.29. The van der Waals surface area contributed by atoms with Crippen molar-refractivity contribution in [2.45, 2.75) is 59.6 Å². The van der Waals surface area contributed by atoms with E-state index < -0.39 is 23.7 Å². The maximum Gasteiger partial charge on any atom is 0.350 e. The molecule has 0 unspecified atom stereocenters. The van der Waals surface area contributed by atoms with E-state index in [1.54, 1.807) is 50.2 Å². The first kappa shape index (κ1) is 29.3. The highest BCUT2D eigenvalue weighted by Crippen LogP contribution is 2.45. The number of ketones is 1. The number of hydrogen-bond donors (Lipinski definition) is 1. The number of nitrogens with zero attached hydrogens (tertiary/aromatic N) is 2.